The summed E-state index contributed by atoms with van der Waals surface area (Å²) in [6.07, 6.45) is 7.87. The fraction of sp³-hybridized carbons (Fsp3) is 0.0909. The Hall–Kier alpha value is -0.296. The van der Waals surface area contributed by atoms with Gasteiger partial charge in [0, 0.05) is 0 Å². The number of benzene rings is 1. The molecule has 0 aliphatic heterocycles. The summed E-state index contributed by atoms with van der Waals surface area (Å²) in [5.41, 5.74) is 0. The van der Waals surface area contributed by atoms with Crippen LogP contribution in [0.15, 0.2) is 52.4 Å². The van der Waals surface area contributed by atoms with Gasteiger partial charge in [-0.1, -0.05) is 0 Å². The van der Waals surface area contributed by atoms with E-state index in [2.05, 4.69) is 48.6 Å². The molecule has 0 atom stereocenters. The second kappa shape index (κ2) is 5.44. The Kier molecular flexibility index (Phi) is 4.51. The summed E-state index contributed by atoms with van der Waals surface area (Å²) in [5, 5.41) is 0. The second-order valence-corrected chi connectivity index (χ2v) is 5.11. The van der Waals surface area contributed by atoms with E-state index in [-0.39, 0.29) is 31.6 Å². The van der Waals surface area contributed by atoms with E-state index in [1.54, 1.807) is 3.88 Å². The van der Waals surface area contributed by atoms with Crippen molar-refractivity contribution in [3.05, 3.63) is 52.4 Å². The largest absolute Gasteiger partial charge is 0.147 e. The van der Waals surface area contributed by atoms with Gasteiger partial charge in [-0.25, -0.2) is 0 Å². The predicted octanol–water partition coefficient (Wildman–Crippen LogP) is 2.66. The molecule has 1 aliphatic carbocycles. The van der Waals surface area contributed by atoms with Crippen LogP contribution in [0.3, 0.4) is 0 Å². The molecule has 0 saturated heterocycles. The minimum atomic E-state index is -0.0122. The Morgan fingerprint density at radius 3 is 2.46 bits per heavy atom. The van der Waals surface area contributed by atoms with Gasteiger partial charge in [0.05, 0.1) is 0 Å². The normalized spacial score (nSPS) is 13.4. The van der Waals surface area contributed by atoms with E-state index in [9.17, 15) is 0 Å². The molecule has 1 aromatic carbocycles. The Morgan fingerprint density at radius 1 is 1.08 bits per heavy atom. The van der Waals surface area contributed by atoms with Crippen LogP contribution in [-0.4, -0.2) is 0 Å². The van der Waals surface area contributed by atoms with Crippen molar-refractivity contribution in [1.82, 2.24) is 0 Å². The van der Waals surface area contributed by atoms with E-state index in [4.69, 9.17) is 0 Å². The van der Waals surface area contributed by atoms with Crippen LogP contribution in [0.4, 0.5) is 0 Å². The second-order valence-electron chi connectivity index (χ2n) is 2.82. The first-order chi connectivity index (χ1) is 5.95. The van der Waals surface area contributed by atoms with Crippen LogP contribution in [0.25, 0.3) is 0 Å². The quantitative estimate of drug-likeness (QED) is 0.680. The van der Waals surface area contributed by atoms with Gasteiger partial charge in [0.15, 0.2) is 0 Å². The average molecular weight is 227 g/mol. The van der Waals surface area contributed by atoms with Gasteiger partial charge in [-0.05, 0) is 0 Å². The first-order valence-corrected chi connectivity index (χ1v) is 5.69. The first kappa shape index (κ1) is 10.8. The molecule has 13 heavy (non-hydrogen) atoms. The van der Waals surface area contributed by atoms with Crippen LogP contribution in [0.1, 0.15) is 6.42 Å². The zero-order chi connectivity index (χ0) is 8.23. The van der Waals surface area contributed by atoms with Crippen molar-refractivity contribution in [2.24, 2.45) is 0 Å². The fourth-order valence-electron chi connectivity index (χ4n) is 1.25. The van der Waals surface area contributed by atoms with Crippen LogP contribution < -0.4 is 3.87 Å². The molecule has 2 heteroatoms. The maximum atomic E-state index is 2.27. The van der Waals surface area contributed by atoms with Crippen LogP contribution in [-0.2, 0) is 19.2 Å². The third kappa shape index (κ3) is 3.15. The smallest absolute Gasteiger partial charge is 0.147 e. The molecule has 0 amide bonds. The monoisotopic (exact) mass is 226 g/mol. The topological polar surface area (TPSA) is 0 Å². The van der Waals surface area contributed by atoms with Gasteiger partial charge >= 0.3 is 81.9 Å². The van der Waals surface area contributed by atoms with Gasteiger partial charge in [0.1, 0.15) is 0 Å². The van der Waals surface area contributed by atoms with Gasteiger partial charge < -0.3 is 0 Å². The van der Waals surface area contributed by atoms with Gasteiger partial charge in [0.25, 0.3) is 0 Å². The van der Waals surface area contributed by atoms with E-state index in [0.717, 1.165) is 0 Å². The summed E-state index contributed by atoms with van der Waals surface area (Å²) < 4.78 is 3.17. The Balaban J connectivity index is 0.000000845. The molecule has 0 heterocycles. The molecule has 0 saturated carbocycles. The van der Waals surface area contributed by atoms with E-state index < -0.39 is 0 Å². The Morgan fingerprint density at radius 2 is 1.85 bits per heavy atom. The van der Waals surface area contributed by atoms with Crippen molar-refractivity contribution in [2.75, 3.05) is 0 Å². The van der Waals surface area contributed by atoms with E-state index in [1.165, 1.54) is 10.3 Å². The van der Waals surface area contributed by atoms with Crippen LogP contribution in [0.5, 0.6) is 0 Å². The summed E-state index contributed by atoms with van der Waals surface area (Å²) in [4.78, 5) is 0. The molecular weight excluding hydrogens is 215 g/mol. The molecule has 1 aromatic rings. The summed E-state index contributed by atoms with van der Waals surface area (Å²) in [7, 11) is 0. The molecule has 2 rings (SSSR count). The molecule has 0 nitrogen and oxygen atoms in total. The number of allylic oxidation sites excluding steroid dienone is 4. The number of rotatable bonds is 2. The fourth-order valence-corrected chi connectivity index (χ4v) is 3.01. The predicted molar refractivity (Wildman–Crippen MR) is 55.2 cm³/mol. The molecule has 0 aromatic heterocycles. The molecule has 0 bridgehead atoms. The molecule has 0 spiro atoms. The third-order valence-electron chi connectivity index (χ3n) is 1.85. The molecule has 1 aliphatic rings. The Bertz CT molecular complexity index is 314. The summed E-state index contributed by atoms with van der Waals surface area (Å²) in [5.74, 6) is 0. The van der Waals surface area contributed by atoms with Crippen LogP contribution in [0.2, 0.25) is 0 Å². The standard InChI is InChI=1S/C6H5.C5H5.ClH.Ti/c1-2-4-6-5-3-1;1-2-4-5-3-1;;/h1-5H;1-3H,4H2;1H;. The number of hydrogen-bond donors (Lipinski definition) is 0. The van der Waals surface area contributed by atoms with Gasteiger partial charge in [-0.3, -0.25) is 0 Å². The maximum Gasteiger partial charge on any atom is -0.147 e. The molecule has 0 fully saturated rings. The minimum absolute atomic E-state index is 0. The van der Waals surface area contributed by atoms with Crippen molar-refractivity contribution in [3.63, 3.8) is 0 Å². The number of hydrogen-bond acceptors (Lipinski definition) is 0. The zero-order valence-corrected chi connectivity index (χ0v) is 9.61. The van der Waals surface area contributed by atoms with Crippen molar-refractivity contribution < 1.29 is 19.2 Å². The molecular formula is C11H11ClTi. The van der Waals surface area contributed by atoms with Crippen molar-refractivity contribution in [1.29, 1.82) is 0 Å². The van der Waals surface area contributed by atoms with Gasteiger partial charge in [0.2, 0.25) is 0 Å². The molecule has 0 unspecified atom stereocenters. The van der Waals surface area contributed by atoms with E-state index >= 15 is 0 Å². The third-order valence-corrected chi connectivity index (χ3v) is 3.90. The summed E-state index contributed by atoms with van der Waals surface area (Å²) in [6, 6.07) is 10.8. The molecule has 0 N–H and O–H groups in total. The van der Waals surface area contributed by atoms with Crippen LogP contribution in [0, 0.1) is 0 Å². The van der Waals surface area contributed by atoms with E-state index in [0.29, 0.717) is 0 Å². The molecule has 0 radical (unpaired) electrons. The van der Waals surface area contributed by atoms with Crippen molar-refractivity contribution in [3.8, 4) is 0 Å². The average Bonchev–Trinajstić information content (AvgIpc) is 2.59. The summed E-state index contributed by atoms with van der Waals surface area (Å²) in [6.45, 7) is 0. The SMILES string of the molecule is C1=CC[C]([Ti][c]2ccccc2)=C1.Cl. The van der Waals surface area contributed by atoms with E-state index in [1.807, 2.05) is 0 Å². The van der Waals surface area contributed by atoms with Gasteiger partial charge in [-0.15, -0.1) is 12.4 Å². The van der Waals surface area contributed by atoms with Crippen LogP contribution >= 0.6 is 12.4 Å². The van der Waals surface area contributed by atoms with Crippen molar-refractivity contribution in [2.45, 2.75) is 6.42 Å². The molecule has 66 valence electrons. The minimum Gasteiger partial charge on any atom is -0.147 e. The van der Waals surface area contributed by atoms with Crippen molar-refractivity contribution >= 4 is 16.3 Å². The summed E-state index contributed by atoms with van der Waals surface area (Å²) >= 11 is -0.0122. The number of halogens is 1. The van der Waals surface area contributed by atoms with Gasteiger partial charge in [-0.2, -0.15) is 0 Å². The zero-order valence-electron chi connectivity index (χ0n) is 7.23. The maximum absolute atomic E-state index is 2.27. The Labute approximate surface area is 94.1 Å². The first-order valence-electron chi connectivity index (χ1n) is 4.13.